The number of hydrogen-bond acceptors (Lipinski definition) is 5. The molecule has 0 atom stereocenters. The number of fused-ring (bicyclic) bond motifs is 1. The number of pyridine rings is 1. The minimum Gasteiger partial charge on any atom is -0.384 e. The van der Waals surface area contributed by atoms with Crippen LogP contribution in [0.4, 0.5) is 5.69 Å². The maximum Gasteiger partial charge on any atom is 0.243 e. The lowest BCUT2D eigenvalue weighted by molar-refractivity contribution is -0.121. The van der Waals surface area contributed by atoms with Crippen LogP contribution in [0.3, 0.4) is 0 Å². The van der Waals surface area contributed by atoms with Gasteiger partial charge in [-0.05, 0) is 72.6 Å². The quantitative estimate of drug-likeness (QED) is 0.209. The fraction of sp³-hybridized carbons (Fsp3) is 0.185. The SMILES string of the molecule is O=C(CN(Cc1ccc(Cl)cc1)S(=O)(=O)c1ccc(Cl)cc1)NCCCNc1ccnc2cc(Cl)ccc12. The average Bonchev–Trinajstić information content (AvgIpc) is 2.89. The molecule has 0 fully saturated rings. The van der Waals surface area contributed by atoms with Gasteiger partial charge >= 0.3 is 0 Å². The number of aromatic nitrogens is 1. The van der Waals surface area contributed by atoms with E-state index in [1.807, 2.05) is 18.2 Å². The molecule has 38 heavy (non-hydrogen) atoms. The Labute approximate surface area is 236 Å². The highest BCUT2D eigenvalue weighted by Gasteiger charge is 2.27. The molecule has 4 aromatic rings. The molecule has 198 valence electrons. The van der Waals surface area contributed by atoms with E-state index in [0.29, 0.717) is 40.1 Å². The second-order valence-electron chi connectivity index (χ2n) is 8.50. The van der Waals surface area contributed by atoms with E-state index in [9.17, 15) is 13.2 Å². The van der Waals surface area contributed by atoms with Crippen molar-refractivity contribution in [2.24, 2.45) is 0 Å². The molecule has 0 bridgehead atoms. The summed E-state index contributed by atoms with van der Waals surface area (Å²) in [6, 6.07) is 20.1. The van der Waals surface area contributed by atoms with E-state index in [1.54, 1.807) is 36.5 Å². The van der Waals surface area contributed by atoms with Gasteiger partial charge in [0.15, 0.2) is 0 Å². The smallest absolute Gasteiger partial charge is 0.243 e. The van der Waals surface area contributed by atoms with Crippen LogP contribution in [0.15, 0.2) is 83.9 Å². The van der Waals surface area contributed by atoms with Crippen molar-refractivity contribution in [1.82, 2.24) is 14.6 Å². The van der Waals surface area contributed by atoms with E-state index in [0.717, 1.165) is 20.9 Å². The normalized spacial score (nSPS) is 11.6. The Kier molecular flexibility index (Phi) is 9.46. The van der Waals surface area contributed by atoms with Crippen LogP contribution in [0.5, 0.6) is 0 Å². The number of anilines is 1. The summed E-state index contributed by atoms with van der Waals surface area (Å²) in [5.74, 6) is -0.402. The molecule has 11 heteroatoms. The zero-order chi connectivity index (χ0) is 27.1. The first kappa shape index (κ1) is 28.1. The summed E-state index contributed by atoms with van der Waals surface area (Å²) in [5, 5.41) is 8.69. The van der Waals surface area contributed by atoms with Gasteiger partial charge in [0, 0.05) is 52.0 Å². The monoisotopic (exact) mass is 590 g/mol. The number of halogens is 3. The fourth-order valence-corrected chi connectivity index (χ4v) is 5.61. The highest BCUT2D eigenvalue weighted by Crippen LogP contribution is 2.24. The van der Waals surface area contributed by atoms with Crippen LogP contribution < -0.4 is 10.6 Å². The van der Waals surface area contributed by atoms with Crippen LogP contribution in [0, 0.1) is 0 Å². The number of hydrogen-bond donors (Lipinski definition) is 2. The van der Waals surface area contributed by atoms with Crippen LogP contribution in [-0.4, -0.2) is 43.2 Å². The lowest BCUT2D eigenvalue weighted by Crippen LogP contribution is -2.40. The third-order valence-corrected chi connectivity index (χ3v) is 8.28. The summed E-state index contributed by atoms with van der Waals surface area (Å²) >= 11 is 17.9. The van der Waals surface area contributed by atoms with Gasteiger partial charge in [0.25, 0.3) is 0 Å². The molecule has 0 spiro atoms. The number of nitrogens with one attached hydrogen (secondary N) is 2. The van der Waals surface area contributed by atoms with Gasteiger partial charge in [0.05, 0.1) is 17.0 Å². The van der Waals surface area contributed by atoms with Gasteiger partial charge in [-0.3, -0.25) is 9.78 Å². The van der Waals surface area contributed by atoms with Crippen molar-refractivity contribution in [3.05, 3.63) is 99.6 Å². The number of carbonyl (C=O) groups excluding carboxylic acids is 1. The van der Waals surface area contributed by atoms with Gasteiger partial charge in [0.2, 0.25) is 15.9 Å². The van der Waals surface area contributed by atoms with Gasteiger partial charge in [-0.1, -0.05) is 46.9 Å². The molecule has 1 heterocycles. The maximum atomic E-state index is 13.4. The van der Waals surface area contributed by atoms with Crippen molar-refractivity contribution >= 4 is 67.3 Å². The molecular formula is C27H25Cl3N4O3S. The van der Waals surface area contributed by atoms with Gasteiger partial charge in [-0.25, -0.2) is 8.42 Å². The van der Waals surface area contributed by atoms with Crippen LogP contribution >= 0.6 is 34.8 Å². The van der Waals surface area contributed by atoms with Crippen molar-refractivity contribution in [2.75, 3.05) is 25.0 Å². The number of amides is 1. The zero-order valence-corrected chi connectivity index (χ0v) is 23.3. The molecule has 0 aliphatic carbocycles. The first-order valence-corrected chi connectivity index (χ1v) is 14.3. The lowest BCUT2D eigenvalue weighted by atomic mass is 10.2. The second kappa shape index (κ2) is 12.8. The number of rotatable bonds is 11. The zero-order valence-electron chi connectivity index (χ0n) is 20.2. The Balaban J connectivity index is 1.36. The second-order valence-corrected chi connectivity index (χ2v) is 11.8. The largest absolute Gasteiger partial charge is 0.384 e. The number of sulfonamides is 1. The summed E-state index contributed by atoms with van der Waals surface area (Å²) in [6.45, 7) is 0.642. The van der Waals surface area contributed by atoms with Crippen LogP contribution in [-0.2, 0) is 21.4 Å². The number of benzene rings is 3. The van der Waals surface area contributed by atoms with E-state index in [4.69, 9.17) is 34.8 Å². The minimum atomic E-state index is -3.96. The Hall–Kier alpha value is -2.88. The molecule has 1 amide bonds. The first-order chi connectivity index (χ1) is 18.2. The third kappa shape index (κ3) is 7.36. The van der Waals surface area contributed by atoms with Gasteiger partial charge < -0.3 is 10.6 Å². The molecule has 3 aromatic carbocycles. The lowest BCUT2D eigenvalue weighted by Gasteiger charge is -2.22. The Morgan fingerprint density at radius 3 is 2.21 bits per heavy atom. The van der Waals surface area contributed by atoms with E-state index >= 15 is 0 Å². The molecule has 0 unspecified atom stereocenters. The minimum absolute atomic E-state index is 0.0102. The van der Waals surface area contributed by atoms with E-state index in [-0.39, 0.29) is 18.0 Å². The molecule has 4 rings (SSSR count). The summed E-state index contributed by atoms with van der Waals surface area (Å²) in [6.07, 6.45) is 2.34. The Bertz CT molecular complexity index is 1520. The molecule has 0 saturated heterocycles. The van der Waals surface area contributed by atoms with Crippen molar-refractivity contribution in [3.63, 3.8) is 0 Å². The molecule has 1 aromatic heterocycles. The molecule has 0 saturated carbocycles. The van der Waals surface area contributed by atoms with Crippen molar-refractivity contribution in [1.29, 1.82) is 0 Å². The van der Waals surface area contributed by atoms with Gasteiger partial charge in [0.1, 0.15) is 0 Å². The van der Waals surface area contributed by atoms with Gasteiger partial charge in [-0.2, -0.15) is 4.31 Å². The van der Waals surface area contributed by atoms with Gasteiger partial charge in [-0.15, -0.1) is 0 Å². The predicted octanol–water partition coefficient (Wildman–Crippen LogP) is 6.00. The van der Waals surface area contributed by atoms with Crippen molar-refractivity contribution in [2.45, 2.75) is 17.9 Å². The average molecular weight is 592 g/mol. The molecule has 0 aliphatic heterocycles. The van der Waals surface area contributed by atoms with E-state index in [1.165, 1.54) is 24.3 Å². The van der Waals surface area contributed by atoms with E-state index in [2.05, 4.69) is 15.6 Å². The molecule has 2 N–H and O–H groups in total. The maximum absolute atomic E-state index is 13.4. The summed E-state index contributed by atoms with van der Waals surface area (Å²) in [5.41, 5.74) is 2.41. The summed E-state index contributed by atoms with van der Waals surface area (Å²) in [4.78, 5) is 17.2. The molecule has 0 radical (unpaired) electrons. The Morgan fingerprint density at radius 1 is 0.842 bits per heavy atom. The standard InChI is InChI=1S/C27H25Cl3N4O3S/c28-20-4-2-19(3-5-20)17-34(38(36,37)23-9-6-21(29)7-10-23)18-27(35)33-14-1-13-31-25-12-15-32-26-16-22(30)8-11-24(25)26/h2-12,15-16H,1,13-14,17-18H2,(H,31,32)(H,33,35). The summed E-state index contributed by atoms with van der Waals surface area (Å²) in [7, 11) is -3.96. The predicted molar refractivity (Wildman–Crippen MR) is 153 cm³/mol. The molecular weight excluding hydrogens is 567 g/mol. The molecule has 7 nitrogen and oxygen atoms in total. The fourth-order valence-electron chi connectivity index (χ4n) is 3.81. The number of nitrogens with zero attached hydrogens (tertiary/aromatic N) is 2. The van der Waals surface area contributed by atoms with Crippen LogP contribution in [0.2, 0.25) is 15.1 Å². The topological polar surface area (TPSA) is 91.4 Å². The Morgan fingerprint density at radius 2 is 1.50 bits per heavy atom. The molecule has 0 aliphatic rings. The summed E-state index contributed by atoms with van der Waals surface area (Å²) < 4.78 is 27.9. The van der Waals surface area contributed by atoms with Crippen molar-refractivity contribution < 1.29 is 13.2 Å². The highest BCUT2D eigenvalue weighted by atomic mass is 35.5. The number of carbonyl (C=O) groups is 1. The van der Waals surface area contributed by atoms with Crippen molar-refractivity contribution in [3.8, 4) is 0 Å². The third-order valence-electron chi connectivity index (χ3n) is 5.74. The van der Waals surface area contributed by atoms with Crippen LogP contribution in [0.25, 0.3) is 10.9 Å². The van der Waals surface area contributed by atoms with E-state index < -0.39 is 15.9 Å². The first-order valence-electron chi connectivity index (χ1n) is 11.8. The van der Waals surface area contributed by atoms with Crippen LogP contribution in [0.1, 0.15) is 12.0 Å². The highest BCUT2D eigenvalue weighted by molar-refractivity contribution is 7.89.